The number of hydrogen-bond acceptors (Lipinski definition) is 3. The Balaban J connectivity index is 2.21. The van der Waals surface area contributed by atoms with Crippen LogP contribution in [-0.2, 0) is 9.59 Å². The third-order valence-electron chi connectivity index (χ3n) is 3.98. The van der Waals surface area contributed by atoms with Crippen molar-refractivity contribution in [1.82, 2.24) is 10.6 Å². The van der Waals surface area contributed by atoms with E-state index < -0.39 is 5.97 Å². The maximum Gasteiger partial charge on any atom is 0.303 e. The molecule has 0 aromatic carbocycles. The predicted octanol–water partition coefficient (Wildman–Crippen LogP) is 1.77. The number of carboxylic acid groups (broad SMARTS) is 1. The average Bonchev–Trinajstić information content (AvgIpc) is 2.45. The number of aliphatic carboxylic acids is 1. The van der Waals surface area contributed by atoms with Gasteiger partial charge in [0.25, 0.3) is 0 Å². The van der Waals surface area contributed by atoms with Crippen molar-refractivity contribution in [1.29, 1.82) is 0 Å². The second kappa shape index (κ2) is 9.75. The number of carboxylic acids is 1. The van der Waals surface area contributed by atoms with Crippen molar-refractivity contribution in [3.8, 4) is 0 Å². The molecule has 1 heterocycles. The van der Waals surface area contributed by atoms with Gasteiger partial charge in [0.05, 0.1) is 5.92 Å². The molecule has 5 heteroatoms. The fourth-order valence-corrected chi connectivity index (χ4v) is 2.79. The van der Waals surface area contributed by atoms with Gasteiger partial charge in [-0.3, -0.25) is 9.59 Å². The van der Waals surface area contributed by atoms with E-state index in [4.69, 9.17) is 5.11 Å². The van der Waals surface area contributed by atoms with Crippen LogP contribution >= 0.6 is 0 Å². The quantitative estimate of drug-likeness (QED) is 0.603. The normalized spacial score (nSPS) is 20.4. The summed E-state index contributed by atoms with van der Waals surface area (Å²) >= 11 is 0. The molecular formula is C15H28N2O3. The number of amides is 1. The van der Waals surface area contributed by atoms with Gasteiger partial charge in [0.1, 0.15) is 0 Å². The molecule has 1 aliphatic rings. The molecule has 5 nitrogen and oxygen atoms in total. The van der Waals surface area contributed by atoms with Gasteiger partial charge >= 0.3 is 5.97 Å². The molecule has 0 aromatic heterocycles. The molecule has 116 valence electrons. The molecule has 1 fully saturated rings. The molecule has 2 atom stereocenters. The molecule has 1 saturated heterocycles. The highest BCUT2D eigenvalue weighted by atomic mass is 16.4. The lowest BCUT2D eigenvalue weighted by molar-refractivity contribution is -0.137. The number of rotatable bonds is 9. The fourth-order valence-electron chi connectivity index (χ4n) is 2.79. The van der Waals surface area contributed by atoms with Crippen LogP contribution in [0, 0.1) is 11.8 Å². The van der Waals surface area contributed by atoms with Crippen LogP contribution in [0.1, 0.15) is 51.9 Å². The Morgan fingerprint density at radius 3 is 2.75 bits per heavy atom. The molecular weight excluding hydrogens is 256 g/mol. The molecule has 1 rings (SSSR count). The average molecular weight is 284 g/mol. The standard InChI is InChI=1S/C15H28N2O3/c1-2-4-12(6-7-14(18)19)8-10-17-15(20)13-5-3-9-16-11-13/h12-13,16H,2-11H2,1H3,(H,17,20)(H,18,19)/t12?,13-/m1/s1. The van der Waals surface area contributed by atoms with Gasteiger partial charge in [0.2, 0.25) is 5.91 Å². The van der Waals surface area contributed by atoms with Gasteiger partial charge < -0.3 is 15.7 Å². The zero-order valence-electron chi connectivity index (χ0n) is 12.5. The van der Waals surface area contributed by atoms with E-state index in [1.165, 1.54) is 0 Å². The number of carbonyl (C=O) groups excluding carboxylic acids is 1. The fraction of sp³-hybridized carbons (Fsp3) is 0.867. The van der Waals surface area contributed by atoms with E-state index in [2.05, 4.69) is 17.6 Å². The number of nitrogens with one attached hydrogen (secondary N) is 2. The highest BCUT2D eigenvalue weighted by Crippen LogP contribution is 2.17. The molecule has 1 amide bonds. The SMILES string of the molecule is CCCC(CCNC(=O)[C@@H]1CCCNC1)CCC(=O)O. The second-order valence-corrected chi connectivity index (χ2v) is 5.71. The van der Waals surface area contributed by atoms with Crippen molar-refractivity contribution in [2.45, 2.75) is 51.9 Å². The van der Waals surface area contributed by atoms with Gasteiger partial charge in [-0.1, -0.05) is 19.8 Å². The van der Waals surface area contributed by atoms with Gasteiger partial charge in [-0.2, -0.15) is 0 Å². The molecule has 0 spiro atoms. The second-order valence-electron chi connectivity index (χ2n) is 5.71. The lowest BCUT2D eigenvalue weighted by atomic mass is 9.94. The lowest BCUT2D eigenvalue weighted by Gasteiger charge is -2.22. The van der Waals surface area contributed by atoms with E-state index in [1.807, 2.05) is 0 Å². The summed E-state index contributed by atoms with van der Waals surface area (Å²) in [7, 11) is 0. The Hall–Kier alpha value is -1.10. The van der Waals surface area contributed by atoms with Crippen LogP contribution in [0.4, 0.5) is 0 Å². The van der Waals surface area contributed by atoms with Gasteiger partial charge in [-0.25, -0.2) is 0 Å². The maximum absolute atomic E-state index is 12.0. The molecule has 20 heavy (non-hydrogen) atoms. The first-order chi connectivity index (χ1) is 9.63. The monoisotopic (exact) mass is 284 g/mol. The Bertz CT molecular complexity index is 301. The van der Waals surface area contributed by atoms with Gasteiger partial charge in [-0.15, -0.1) is 0 Å². The van der Waals surface area contributed by atoms with Gasteiger partial charge in [0, 0.05) is 19.5 Å². The van der Waals surface area contributed by atoms with Crippen molar-refractivity contribution in [3.63, 3.8) is 0 Å². The molecule has 0 aliphatic carbocycles. The Morgan fingerprint density at radius 1 is 1.35 bits per heavy atom. The number of carbonyl (C=O) groups is 2. The minimum Gasteiger partial charge on any atom is -0.481 e. The van der Waals surface area contributed by atoms with E-state index in [9.17, 15) is 9.59 Å². The smallest absolute Gasteiger partial charge is 0.303 e. The van der Waals surface area contributed by atoms with Crippen LogP contribution in [0.2, 0.25) is 0 Å². The van der Waals surface area contributed by atoms with Crippen LogP contribution < -0.4 is 10.6 Å². The zero-order chi connectivity index (χ0) is 14.8. The number of hydrogen-bond donors (Lipinski definition) is 3. The molecule has 0 saturated carbocycles. The maximum atomic E-state index is 12.0. The summed E-state index contributed by atoms with van der Waals surface area (Å²) in [6, 6.07) is 0. The third kappa shape index (κ3) is 6.89. The van der Waals surface area contributed by atoms with Crippen molar-refractivity contribution in [3.05, 3.63) is 0 Å². The molecule has 0 radical (unpaired) electrons. The highest BCUT2D eigenvalue weighted by molar-refractivity contribution is 5.78. The minimum absolute atomic E-state index is 0.104. The summed E-state index contributed by atoms with van der Waals surface area (Å²) in [5.74, 6) is -0.0811. The molecule has 0 aromatic rings. The molecule has 0 bridgehead atoms. The number of piperidine rings is 1. The van der Waals surface area contributed by atoms with E-state index >= 15 is 0 Å². The molecule has 1 aliphatic heterocycles. The van der Waals surface area contributed by atoms with Crippen LogP contribution in [0.3, 0.4) is 0 Å². The van der Waals surface area contributed by atoms with E-state index in [0.29, 0.717) is 18.9 Å². The summed E-state index contributed by atoms with van der Waals surface area (Å²) in [5.41, 5.74) is 0. The summed E-state index contributed by atoms with van der Waals surface area (Å²) < 4.78 is 0. The molecule has 1 unspecified atom stereocenters. The summed E-state index contributed by atoms with van der Waals surface area (Å²) in [6.45, 7) is 4.57. The molecule has 3 N–H and O–H groups in total. The Morgan fingerprint density at radius 2 is 2.15 bits per heavy atom. The van der Waals surface area contributed by atoms with Crippen molar-refractivity contribution >= 4 is 11.9 Å². The van der Waals surface area contributed by atoms with E-state index in [1.54, 1.807) is 0 Å². The largest absolute Gasteiger partial charge is 0.481 e. The van der Waals surface area contributed by atoms with Crippen molar-refractivity contribution in [2.24, 2.45) is 11.8 Å². The van der Waals surface area contributed by atoms with Crippen molar-refractivity contribution in [2.75, 3.05) is 19.6 Å². The van der Waals surface area contributed by atoms with Crippen molar-refractivity contribution < 1.29 is 14.7 Å². The highest BCUT2D eigenvalue weighted by Gasteiger charge is 2.20. The first-order valence-electron chi connectivity index (χ1n) is 7.83. The van der Waals surface area contributed by atoms with E-state index in [0.717, 1.165) is 45.2 Å². The third-order valence-corrected chi connectivity index (χ3v) is 3.98. The Labute approximate surface area is 121 Å². The van der Waals surface area contributed by atoms with Crippen LogP contribution in [-0.4, -0.2) is 36.6 Å². The summed E-state index contributed by atoms with van der Waals surface area (Å²) in [5, 5.41) is 15.0. The zero-order valence-corrected chi connectivity index (χ0v) is 12.5. The Kier molecular flexibility index (Phi) is 8.26. The van der Waals surface area contributed by atoms with Crippen LogP contribution in [0.25, 0.3) is 0 Å². The van der Waals surface area contributed by atoms with Crippen LogP contribution in [0.5, 0.6) is 0 Å². The van der Waals surface area contributed by atoms with E-state index in [-0.39, 0.29) is 18.2 Å². The topological polar surface area (TPSA) is 78.4 Å². The summed E-state index contributed by atoms with van der Waals surface area (Å²) in [4.78, 5) is 22.6. The minimum atomic E-state index is -0.733. The lowest BCUT2D eigenvalue weighted by Crippen LogP contribution is -2.41. The van der Waals surface area contributed by atoms with Crippen LogP contribution in [0.15, 0.2) is 0 Å². The summed E-state index contributed by atoms with van der Waals surface area (Å²) in [6.07, 6.45) is 5.95. The first-order valence-corrected chi connectivity index (χ1v) is 7.83. The predicted molar refractivity (Wildman–Crippen MR) is 78.5 cm³/mol. The van der Waals surface area contributed by atoms with Gasteiger partial charge in [0.15, 0.2) is 0 Å². The van der Waals surface area contributed by atoms with Gasteiger partial charge in [-0.05, 0) is 38.1 Å². The first kappa shape index (κ1) is 17.0.